The van der Waals surface area contributed by atoms with Crippen LogP contribution in [0.3, 0.4) is 0 Å². The summed E-state index contributed by atoms with van der Waals surface area (Å²) in [5.74, 6) is 0.691. The molecule has 0 bridgehead atoms. The third kappa shape index (κ3) is 1.69. The van der Waals surface area contributed by atoms with Gasteiger partial charge in [0, 0.05) is 18.6 Å². The molecule has 0 fully saturated rings. The van der Waals surface area contributed by atoms with Gasteiger partial charge < -0.3 is 4.57 Å². The van der Waals surface area contributed by atoms with E-state index in [2.05, 4.69) is 4.98 Å². The Hall–Kier alpha value is -0.990. The Morgan fingerprint density at radius 2 is 2.08 bits per heavy atom. The van der Waals surface area contributed by atoms with E-state index in [0.29, 0.717) is 15.9 Å². The summed E-state index contributed by atoms with van der Waals surface area (Å²) in [4.78, 5) is 4.13. The zero-order chi connectivity index (χ0) is 9.26. The van der Waals surface area contributed by atoms with Crippen molar-refractivity contribution >= 4 is 23.2 Å². The molecule has 2 rings (SSSR count). The summed E-state index contributed by atoms with van der Waals surface area (Å²) in [5, 5.41) is 1.27. The van der Waals surface area contributed by atoms with Crippen molar-refractivity contribution in [1.82, 2.24) is 9.55 Å². The van der Waals surface area contributed by atoms with Crippen LogP contribution >= 0.6 is 23.2 Å². The molecule has 2 nitrogen and oxygen atoms in total. The summed E-state index contributed by atoms with van der Waals surface area (Å²) in [5.41, 5.74) is 0. The summed E-state index contributed by atoms with van der Waals surface area (Å²) in [7, 11) is 0. The zero-order valence-electron chi connectivity index (χ0n) is 6.61. The summed E-state index contributed by atoms with van der Waals surface area (Å²) in [6.45, 7) is 0. The van der Waals surface area contributed by atoms with Gasteiger partial charge in [0.25, 0.3) is 0 Å². The number of rotatable bonds is 1. The smallest absolute Gasteiger partial charge is 0.155 e. The average Bonchev–Trinajstić information content (AvgIpc) is 2.53. The van der Waals surface area contributed by atoms with Crippen molar-refractivity contribution in [2.45, 2.75) is 0 Å². The molecule has 0 N–H and O–H groups in total. The molecule has 0 unspecified atom stereocenters. The maximum absolute atomic E-state index is 5.94. The van der Waals surface area contributed by atoms with Gasteiger partial charge in [0.05, 0.1) is 10.0 Å². The normalized spacial score (nSPS) is 10.3. The van der Waals surface area contributed by atoms with Crippen LogP contribution in [0, 0.1) is 0 Å². The quantitative estimate of drug-likeness (QED) is 0.711. The van der Waals surface area contributed by atoms with Gasteiger partial charge in [0.1, 0.15) is 0 Å². The Morgan fingerprint density at radius 1 is 1.23 bits per heavy atom. The number of aromatic nitrogens is 2. The molecule has 0 radical (unpaired) electrons. The highest BCUT2D eigenvalue weighted by molar-refractivity contribution is 6.32. The van der Waals surface area contributed by atoms with E-state index in [1.165, 1.54) is 0 Å². The van der Waals surface area contributed by atoms with Crippen LogP contribution < -0.4 is 0 Å². The molecule has 2 aromatic heterocycles. The Morgan fingerprint density at radius 3 is 2.69 bits per heavy atom. The number of nitrogens with zero attached hydrogens (tertiary/aromatic N) is 2. The second-order valence-corrected chi connectivity index (χ2v) is 3.39. The van der Waals surface area contributed by atoms with Crippen LogP contribution in [0.2, 0.25) is 10.0 Å². The SMILES string of the molecule is Clc1ccn(-c2ncccc2Cl)c1. The van der Waals surface area contributed by atoms with Gasteiger partial charge in [-0.2, -0.15) is 0 Å². The molecule has 0 amide bonds. The molecular formula is C9H6Cl2N2. The van der Waals surface area contributed by atoms with Gasteiger partial charge in [-0.05, 0) is 18.2 Å². The van der Waals surface area contributed by atoms with Gasteiger partial charge in [-0.25, -0.2) is 4.98 Å². The lowest BCUT2D eigenvalue weighted by Gasteiger charge is -2.02. The van der Waals surface area contributed by atoms with Crippen molar-refractivity contribution in [3.05, 3.63) is 46.8 Å². The summed E-state index contributed by atoms with van der Waals surface area (Å²) < 4.78 is 1.78. The molecule has 0 aliphatic heterocycles. The first-order valence-corrected chi connectivity index (χ1v) is 4.47. The van der Waals surface area contributed by atoms with E-state index in [-0.39, 0.29) is 0 Å². The fraction of sp³-hybridized carbons (Fsp3) is 0. The van der Waals surface area contributed by atoms with Crippen LogP contribution in [0.25, 0.3) is 5.82 Å². The standard InChI is InChI=1S/C9H6Cl2N2/c10-7-3-5-13(6-7)9-8(11)2-1-4-12-9/h1-6H. The Labute approximate surface area is 85.7 Å². The highest BCUT2D eigenvalue weighted by Gasteiger charge is 2.02. The molecular weight excluding hydrogens is 207 g/mol. The highest BCUT2D eigenvalue weighted by atomic mass is 35.5. The van der Waals surface area contributed by atoms with E-state index in [1.807, 2.05) is 6.20 Å². The number of hydrogen-bond acceptors (Lipinski definition) is 1. The monoisotopic (exact) mass is 212 g/mol. The zero-order valence-corrected chi connectivity index (χ0v) is 8.13. The molecule has 2 heterocycles. The van der Waals surface area contributed by atoms with Crippen LogP contribution in [0.15, 0.2) is 36.8 Å². The minimum Gasteiger partial charge on any atom is -0.306 e. The summed E-state index contributed by atoms with van der Waals surface area (Å²) in [6.07, 6.45) is 5.27. The van der Waals surface area contributed by atoms with Gasteiger partial charge in [-0.3, -0.25) is 0 Å². The molecule has 0 saturated carbocycles. The van der Waals surface area contributed by atoms with E-state index in [9.17, 15) is 0 Å². The van der Waals surface area contributed by atoms with Gasteiger partial charge in [-0.15, -0.1) is 0 Å². The molecule has 0 spiro atoms. The first-order valence-electron chi connectivity index (χ1n) is 3.72. The molecule has 66 valence electrons. The molecule has 0 aliphatic rings. The topological polar surface area (TPSA) is 17.8 Å². The van der Waals surface area contributed by atoms with Crippen molar-refractivity contribution in [1.29, 1.82) is 0 Å². The molecule has 0 aromatic carbocycles. The third-order valence-electron chi connectivity index (χ3n) is 1.64. The van der Waals surface area contributed by atoms with Crippen LogP contribution in [-0.4, -0.2) is 9.55 Å². The van der Waals surface area contributed by atoms with Crippen LogP contribution in [0.5, 0.6) is 0 Å². The molecule has 2 aromatic rings. The van der Waals surface area contributed by atoms with Gasteiger partial charge >= 0.3 is 0 Å². The first-order chi connectivity index (χ1) is 6.27. The lowest BCUT2D eigenvalue weighted by atomic mass is 10.4. The van der Waals surface area contributed by atoms with Gasteiger partial charge in [0.2, 0.25) is 0 Å². The van der Waals surface area contributed by atoms with E-state index >= 15 is 0 Å². The van der Waals surface area contributed by atoms with Crippen LogP contribution in [0.1, 0.15) is 0 Å². The first kappa shape index (κ1) is 8.60. The Kier molecular flexibility index (Phi) is 2.25. The minimum atomic E-state index is 0.606. The van der Waals surface area contributed by atoms with Crippen molar-refractivity contribution in [3.63, 3.8) is 0 Å². The predicted octanol–water partition coefficient (Wildman–Crippen LogP) is 3.18. The fourth-order valence-corrected chi connectivity index (χ4v) is 1.45. The van der Waals surface area contributed by atoms with Crippen LogP contribution in [-0.2, 0) is 0 Å². The highest BCUT2D eigenvalue weighted by Crippen LogP contribution is 2.19. The molecule has 13 heavy (non-hydrogen) atoms. The lowest BCUT2D eigenvalue weighted by Crippen LogP contribution is -1.93. The number of halogens is 2. The van der Waals surface area contributed by atoms with Crippen molar-refractivity contribution in [3.8, 4) is 5.82 Å². The minimum absolute atomic E-state index is 0.606. The van der Waals surface area contributed by atoms with E-state index in [0.717, 1.165) is 0 Å². The third-order valence-corrected chi connectivity index (χ3v) is 2.16. The average molecular weight is 213 g/mol. The molecule has 0 saturated heterocycles. The molecule has 0 atom stereocenters. The van der Waals surface area contributed by atoms with Gasteiger partial charge in [-0.1, -0.05) is 23.2 Å². The van der Waals surface area contributed by atoms with Crippen molar-refractivity contribution in [2.75, 3.05) is 0 Å². The van der Waals surface area contributed by atoms with Crippen LogP contribution in [0.4, 0.5) is 0 Å². The fourth-order valence-electron chi connectivity index (χ4n) is 1.07. The number of pyridine rings is 1. The molecule has 4 heteroatoms. The maximum Gasteiger partial charge on any atom is 0.155 e. The van der Waals surface area contributed by atoms with Crippen molar-refractivity contribution in [2.24, 2.45) is 0 Å². The predicted molar refractivity (Wildman–Crippen MR) is 53.6 cm³/mol. The second kappa shape index (κ2) is 3.40. The maximum atomic E-state index is 5.94. The summed E-state index contributed by atoms with van der Waals surface area (Å²) >= 11 is 11.7. The molecule has 0 aliphatic carbocycles. The van der Waals surface area contributed by atoms with Gasteiger partial charge in [0.15, 0.2) is 5.82 Å². The van der Waals surface area contributed by atoms with E-state index in [4.69, 9.17) is 23.2 Å². The Balaban J connectivity index is 2.52. The lowest BCUT2D eigenvalue weighted by molar-refractivity contribution is 1.01. The summed E-state index contributed by atoms with van der Waals surface area (Å²) in [6, 6.07) is 5.36. The second-order valence-electron chi connectivity index (χ2n) is 2.55. The van der Waals surface area contributed by atoms with E-state index < -0.39 is 0 Å². The Bertz CT molecular complexity index is 423. The van der Waals surface area contributed by atoms with Crippen molar-refractivity contribution < 1.29 is 0 Å². The number of hydrogen-bond donors (Lipinski definition) is 0. The largest absolute Gasteiger partial charge is 0.306 e. The van der Waals surface area contributed by atoms with E-state index in [1.54, 1.807) is 35.2 Å².